The minimum absolute atomic E-state index is 0.0876. The molecule has 0 radical (unpaired) electrons. The number of halogens is 3. The lowest BCUT2D eigenvalue weighted by Crippen LogP contribution is -2.44. The van der Waals surface area contributed by atoms with Gasteiger partial charge >= 0.3 is 6.18 Å². The van der Waals surface area contributed by atoms with Crippen LogP contribution in [0.15, 0.2) is 49.6 Å². The lowest BCUT2D eigenvalue weighted by Gasteiger charge is -2.38. The van der Waals surface area contributed by atoms with E-state index < -0.39 is 17.2 Å². The Morgan fingerprint density at radius 2 is 1.81 bits per heavy atom. The van der Waals surface area contributed by atoms with E-state index in [2.05, 4.69) is 20.1 Å². The van der Waals surface area contributed by atoms with Gasteiger partial charge in [0.05, 0.1) is 12.1 Å². The van der Waals surface area contributed by atoms with Crippen LogP contribution in [0.4, 0.5) is 13.2 Å². The fraction of sp³-hybridized carbons (Fsp3) is 0.600. The molecule has 0 amide bonds. The van der Waals surface area contributed by atoms with Crippen LogP contribution in [0.5, 0.6) is 0 Å². The Bertz CT molecular complexity index is 782. The van der Waals surface area contributed by atoms with E-state index in [1.165, 1.54) is 17.2 Å². The van der Waals surface area contributed by atoms with Crippen LogP contribution in [0.3, 0.4) is 0 Å². The summed E-state index contributed by atoms with van der Waals surface area (Å²) in [6.07, 6.45) is 4.39. The Morgan fingerprint density at radius 3 is 2.44 bits per heavy atom. The number of hydrogen-bond donors (Lipinski definition) is 1. The third-order valence-corrected chi connectivity index (χ3v) is 6.85. The zero-order chi connectivity index (χ0) is 23.4. The molecular weight excluding hydrogens is 417 g/mol. The van der Waals surface area contributed by atoms with Gasteiger partial charge < -0.3 is 5.21 Å². The van der Waals surface area contributed by atoms with Crippen molar-refractivity contribution in [1.29, 1.82) is 0 Å². The lowest BCUT2D eigenvalue weighted by molar-refractivity contribution is -0.229. The molecule has 1 aromatic rings. The van der Waals surface area contributed by atoms with E-state index in [9.17, 15) is 18.4 Å². The Morgan fingerprint density at radius 1 is 1.12 bits per heavy atom. The maximum absolute atomic E-state index is 13.0. The van der Waals surface area contributed by atoms with Crippen molar-refractivity contribution in [2.75, 3.05) is 26.2 Å². The number of allylic oxidation sites excluding steroid dienone is 2. The lowest BCUT2D eigenvalue weighted by atomic mass is 9.76. The molecule has 3 atom stereocenters. The van der Waals surface area contributed by atoms with Gasteiger partial charge in [0.15, 0.2) is 0 Å². The first-order valence-corrected chi connectivity index (χ1v) is 11.3. The molecular formula is C25H35F3N2O2. The highest BCUT2D eigenvalue weighted by Gasteiger charge is 2.48. The quantitative estimate of drug-likeness (QED) is 0.500. The highest BCUT2D eigenvalue weighted by Crippen LogP contribution is 2.41. The normalized spacial score (nSPS) is 30.2. The van der Waals surface area contributed by atoms with Crippen molar-refractivity contribution in [2.24, 2.45) is 10.8 Å². The van der Waals surface area contributed by atoms with E-state index in [1.54, 1.807) is 0 Å². The minimum Gasteiger partial charge on any atom is -0.314 e. The average Bonchev–Trinajstić information content (AvgIpc) is 2.87. The largest absolute Gasteiger partial charge is 0.416 e. The van der Waals surface area contributed by atoms with Crippen LogP contribution in [-0.4, -0.2) is 47.6 Å². The Labute approximate surface area is 189 Å². The molecule has 1 N–H and O–H groups in total. The van der Waals surface area contributed by atoms with Gasteiger partial charge in [-0.25, -0.2) is 0 Å². The van der Waals surface area contributed by atoms with E-state index in [4.69, 9.17) is 4.84 Å². The second-order valence-corrected chi connectivity index (χ2v) is 9.79. The van der Waals surface area contributed by atoms with Crippen molar-refractivity contribution in [3.05, 3.63) is 60.7 Å². The molecule has 0 bridgehead atoms. The number of hydrogen-bond acceptors (Lipinski definition) is 4. The molecule has 2 aliphatic rings. The Kier molecular flexibility index (Phi) is 7.86. The van der Waals surface area contributed by atoms with E-state index in [1.807, 2.05) is 17.2 Å². The van der Waals surface area contributed by atoms with Crippen molar-refractivity contribution < 1.29 is 23.2 Å². The van der Waals surface area contributed by atoms with Crippen LogP contribution in [0.25, 0.3) is 0 Å². The molecule has 1 aromatic carbocycles. The summed E-state index contributed by atoms with van der Waals surface area (Å²) < 4.78 is 38.9. The summed E-state index contributed by atoms with van der Waals surface area (Å²) >= 11 is 0. The number of rotatable bonds is 8. The summed E-state index contributed by atoms with van der Waals surface area (Å²) in [4.78, 5) is 6.53. The van der Waals surface area contributed by atoms with Crippen LogP contribution in [0.1, 0.15) is 50.2 Å². The monoisotopic (exact) mass is 452 g/mol. The first-order chi connectivity index (χ1) is 15.1. The molecule has 3 rings (SSSR count). The molecule has 2 aliphatic heterocycles. The van der Waals surface area contributed by atoms with Crippen LogP contribution >= 0.6 is 0 Å². The summed E-state index contributed by atoms with van der Waals surface area (Å²) in [6, 6.07) is 5.29. The number of hydroxylamine groups is 4. The van der Waals surface area contributed by atoms with Crippen molar-refractivity contribution in [3.8, 4) is 0 Å². The summed E-state index contributed by atoms with van der Waals surface area (Å²) in [5.41, 5.74) is -0.258. The molecule has 2 heterocycles. The maximum Gasteiger partial charge on any atom is 0.416 e. The maximum atomic E-state index is 13.0. The average molecular weight is 453 g/mol. The summed E-state index contributed by atoms with van der Waals surface area (Å²) in [5, 5.41) is 13.7. The van der Waals surface area contributed by atoms with Crippen LogP contribution < -0.4 is 0 Å². The zero-order valence-corrected chi connectivity index (χ0v) is 18.9. The topological polar surface area (TPSA) is 35.9 Å². The smallest absolute Gasteiger partial charge is 0.314 e. The predicted octanol–water partition coefficient (Wildman–Crippen LogP) is 5.88. The molecule has 0 spiro atoms. The molecule has 3 unspecified atom stereocenters. The molecule has 2 fully saturated rings. The first kappa shape index (κ1) is 25.0. The van der Waals surface area contributed by atoms with Gasteiger partial charge in [0.1, 0.15) is 6.10 Å². The van der Waals surface area contributed by atoms with Crippen LogP contribution in [0, 0.1) is 10.8 Å². The summed E-state index contributed by atoms with van der Waals surface area (Å²) in [5.74, 6) is 0. The first-order valence-electron chi connectivity index (χ1n) is 11.3. The van der Waals surface area contributed by atoms with E-state index in [0.717, 1.165) is 56.5 Å². The van der Waals surface area contributed by atoms with Gasteiger partial charge in [-0.15, -0.1) is 13.2 Å². The molecule has 4 nitrogen and oxygen atoms in total. The van der Waals surface area contributed by atoms with Crippen molar-refractivity contribution in [1.82, 2.24) is 10.1 Å². The van der Waals surface area contributed by atoms with Gasteiger partial charge in [-0.05, 0) is 55.2 Å². The highest BCUT2D eigenvalue weighted by atomic mass is 19.4. The third-order valence-electron chi connectivity index (χ3n) is 6.85. The molecule has 2 saturated heterocycles. The SMILES string of the molecule is C=CCC1(C)CCCCN(OC2CN(O)CC2(CC=C)Cc2ccc(C(F)(F)F)cc2)C1. The fourth-order valence-corrected chi connectivity index (χ4v) is 5.21. The number of alkyl halides is 3. The van der Waals surface area contributed by atoms with Crippen LogP contribution in [-0.2, 0) is 17.4 Å². The second kappa shape index (κ2) is 10.1. The third kappa shape index (κ3) is 6.01. The van der Waals surface area contributed by atoms with Gasteiger partial charge in [-0.3, -0.25) is 4.84 Å². The molecule has 0 aliphatic carbocycles. The molecule has 7 heteroatoms. The number of benzene rings is 1. The van der Waals surface area contributed by atoms with E-state index in [-0.39, 0.29) is 11.5 Å². The number of nitrogens with zero attached hydrogens (tertiary/aromatic N) is 2. The van der Waals surface area contributed by atoms with Gasteiger partial charge in [-0.2, -0.15) is 23.3 Å². The van der Waals surface area contributed by atoms with Crippen LogP contribution in [0.2, 0.25) is 0 Å². The standard InChI is InChI=1S/C25H35F3N2O2/c1-4-12-23(3)14-6-7-15-30(18-23)32-22-17-29(31)19-24(22,13-5-2)16-20-8-10-21(11-9-20)25(26,27)28/h4-5,8-11,22,31H,1-2,6-7,12-19H2,3H3. The molecule has 0 saturated carbocycles. The fourth-order valence-electron chi connectivity index (χ4n) is 5.21. The molecule has 178 valence electrons. The van der Waals surface area contributed by atoms with E-state index >= 15 is 0 Å². The van der Waals surface area contributed by atoms with Gasteiger partial charge in [0, 0.05) is 25.0 Å². The van der Waals surface area contributed by atoms with Crippen molar-refractivity contribution in [2.45, 2.75) is 57.7 Å². The van der Waals surface area contributed by atoms with E-state index in [0.29, 0.717) is 25.9 Å². The molecule has 0 aromatic heterocycles. The van der Waals surface area contributed by atoms with Gasteiger partial charge in [-0.1, -0.05) is 37.6 Å². The summed E-state index contributed by atoms with van der Waals surface area (Å²) in [6.45, 7) is 12.4. The van der Waals surface area contributed by atoms with Crippen molar-refractivity contribution in [3.63, 3.8) is 0 Å². The van der Waals surface area contributed by atoms with Gasteiger partial charge in [0.2, 0.25) is 0 Å². The van der Waals surface area contributed by atoms with Crippen molar-refractivity contribution >= 4 is 0 Å². The predicted molar refractivity (Wildman–Crippen MR) is 119 cm³/mol. The summed E-state index contributed by atoms with van der Waals surface area (Å²) in [7, 11) is 0. The second-order valence-electron chi connectivity index (χ2n) is 9.79. The zero-order valence-electron chi connectivity index (χ0n) is 18.9. The minimum atomic E-state index is -4.36. The van der Waals surface area contributed by atoms with Gasteiger partial charge in [0.25, 0.3) is 0 Å². The molecule has 32 heavy (non-hydrogen) atoms. The Balaban J connectivity index is 1.80. The Hall–Kier alpha value is -1.67. The highest BCUT2D eigenvalue weighted by molar-refractivity contribution is 5.26.